The van der Waals surface area contributed by atoms with Gasteiger partial charge in [0.05, 0.1) is 19.3 Å². The number of benzene rings is 2. The third-order valence-electron chi connectivity index (χ3n) is 8.28. The normalized spacial score (nSPS) is 14.2. The molecular weight excluding hydrogens is 628 g/mol. The van der Waals surface area contributed by atoms with E-state index in [2.05, 4.69) is 22.2 Å². The number of aromatic nitrogens is 1. The highest BCUT2D eigenvalue weighted by molar-refractivity contribution is 6.11. The van der Waals surface area contributed by atoms with Gasteiger partial charge in [0, 0.05) is 40.0 Å². The summed E-state index contributed by atoms with van der Waals surface area (Å²) in [6, 6.07) is 12.5. The van der Waals surface area contributed by atoms with Crippen LogP contribution in [0.1, 0.15) is 76.1 Å². The minimum atomic E-state index is -1.30. The molecule has 0 spiro atoms. The Bertz CT molecular complexity index is 1750. The third-order valence-corrected chi connectivity index (χ3v) is 8.28. The number of amides is 2. The largest absolute Gasteiger partial charge is 0.496 e. The highest BCUT2D eigenvalue weighted by Gasteiger charge is 2.31. The number of carbonyl (C=O) groups excluding carboxylic acids is 4. The van der Waals surface area contributed by atoms with Crippen LogP contribution < -0.4 is 26.8 Å². The Kier molecular flexibility index (Phi) is 11.6. The van der Waals surface area contributed by atoms with Crippen LogP contribution in [0.4, 0.5) is 5.69 Å². The van der Waals surface area contributed by atoms with Gasteiger partial charge in [0.1, 0.15) is 23.6 Å². The van der Waals surface area contributed by atoms with Crippen LogP contribution in [0.3, 0.4) is 0 Å². The molecule has 0 radical (unpaired) electrons. The van der Waals surface area contributed by atoms with Gasteiger partial charge < -0.3 is 41.1 Å². The number of nitrogens with one attached hydrogen (secondary N) is 3. The zero-order valence-electron chi connectivity index (χ0n) is 28.0. The van der Waals surface area contributed by atoms with Crippen molar-refractivity contribution in [2.75, 3.05) is 25.6 Å². The fourth-order valence-corrected chi connectivity index (χ4v) is 4.72. The fraction of sp³-hybridized carbons (Fsp3) is 0.333. The monoisotopic (exact) mass is 670 g/mol. The molecule has 13 heteroatoms. The van der Waals surface area contributed by atoms with Crippen LogP contribution >= 0.6 is 0 Å². The number of carbonyl (C=O) groups is 4. The Morgan fingerprint density at radius 3 is 2.35 bits per heavy atom. The van der Waals surface area contributed by atoms with Crippen molar-refractivity contribution >= 4 is 41.7 Å². The van der Waals surface area contributed by atoms with Crippen molar-refractivity contribution in [2.24, 2.45) is 23.3 Å². The van der Waals surface area contributed by atoms with Gasteiger partial charge in [0.15, 0.2) is 5.69 Å². The smallest absolute Gasteiger partial charge is 0.359 e. The molecule has 13 nitrogen and oxygen atoms in total. The molecule has 1 aromatic heterocycles. The first-order valence-corrected chi connectivity index (χ1v) is 15.8. The number of anilines is 1. The Morgan fingerprint density at radius 2 is 1.78 bits per heavy atom. The molecule has 7 N–H and O–H groups in total. The Balaban J connectivity index is 1.76. The molecule has 0 bridgehead atoms. The van der Waals surface area contributed by atoms with Crippen molar-refractivity contribution in [3.63, 3.8) is 0 Å². The number of nitrogens with two attached hydrogens (primary N) is 2. The van der Waals surface area contributed by atoms with E-state index in [-0.39, 0.29) is 46.4 Å². The molecule has 0 saturated heterocycles. The Morgan fingerprint density at radius 1 is 1.08 bits per heavy atom. The van der Waals surface area contributed by atoms with E-state index in [0.717, 1.165) is 12.8 Å². The second kappa shape index (κ2) is 15.7. The molecule has 4 rings (SSSR count). The molecule has 3 aromatic rings. The van der Waals surface area contributed by atoms with Gasteiger partial charge in [0.25, 0.3) is 11.8 Å². The van der Waals surface area contributed by atoms with Crippen molar-refractivity contribution < 1.29 is 33.4 Å². The van der Waals surface area contributed by atoms with E-state index < -0.39 is 29.6 Å². The molecule has 2 aromatic carbocycles. The van der Waals surface area contributed by atoms with Gasteiger partial charge in [-0.3, -0.25) is 15.0 Å². The zero-order valence-corrected chi connectivity index (χ0v) is 28.0. The summed E-state index contributed by atoms with van der Waals surface area (Å²) in [6.45, 7) is 9.10. The topological polar surface area (TPSA) is 209 Å². The SMILES string of the molecule is C=Cc1cc(C(=O)Nc2ccc(C(=N)N)cc2)c(-c2ccc(C(=O)NCC3CC3)nc2C(=O)OC(C)OC[C@@](N)(C=O)C(C)C)cc1OC. The van der Waals surface area contributed by atoms with Crippen molar-refractivity contribution in [3.8, 4) is 16.9 Å². The summed E-state index contributed by atoms with van der Waals surface area (Å²) in [5.41, 5.74) is 12.1. The fourth-order valence-electron chi connectivity index (χ4n) is 4.72. The predicted octanol–water partition coefficient (Wildman–Crippen LogP) is 4.15. The first-order valence-electron chi connectivity index (χ1n) is 15.8. The zero-order chi connectivity index (χ0) is 35.9. The Labute approximate surface area is 284 Å². The van der Waals surface area contributed by atoms with Crippen LogP contribution in [0.2, 0.25) is 0 Å². The number of nitrogen functional groups attached to an aromatic ring is 1. The molecule has 1 heterocycles. The standard InChI is InChI=1S/C36H42N6O7/c1-6-23-15-28(33(44)41-25-11-9-24(10-12-25)32(37)38)27(16-30(23)47-5)26-13-14-29(34(45)40-17-22-7-8-22)42-31(26)35(46)49-21(4)48-19-36(39,18-43)20(2)3/h6,9-16,18,20-22H,1,7-8,17,19,39H2,2-5H3,(H3,37,38)(H,40,45)(H,41,44)/t21?,36-/m0/s1. The van der Waals surface area contributed by atoms with E-state index in [1.807, 2.05) is 0 Å². The summed E-state index contributed by atoms with van der Waals surface area (Å²) in [4.78, 5) is 56.7. The summed E-state index contributed by atoms with van der Waals surface area (Å²) in [5, 5.41) is 13.3. The van der Waals surface area contributed by atoms with E-state index in [9.17, 15) is 19.2 Å². The molecule has 2 atom stereocenters. The van der Waals surface area contributed by atoms with Gasteiger partial charge >= 0.3 is 5.97 Å². The van der Waals surface area contributed by atoms with Gasteiger partial charge in [-0.2, -0.15) is 0 Å². The molecule has 1 aliphatic carbocycles. The van der Waals surface area contributed by atoms with E-state index in [4.69, 9.17) is 31.1 Å². The molecule has 258 valence electrons. The van der Waals surface area contributed by atoms with Crippen molar-refractivity contribution in [3.05, 3.63) is 83.2 Å². The van der Waals surface area contributed by atoms with Crippen LogP contribution in [0.5, 0.6) is 5.75 Å². The minimum Gasteiger partial charge on any atom is -0.496 e. The van der Waals surface area contributed by atoms with Gasteiger partial charge in [-0.05, 0) is 80.1 Å². The minimum absolute atomic E-state index is 0.0297. The summed E-state index contributed by atoms with van der Waals surface area (Å²) in [7, 11) is 1.45. The second-order valence-electron chi connectivity index (χ2n) is 12.2. The third kappa shape index (κ3) is 8.95. The lowest BCUT2D eigenvalue weighted by molar-refractivity contribution is -0.130. The van der Waals surface area contributed by atoms with E-state index in [0.29, 0.717) is 41.3 Å². The van der Waals surface area contributed by atoms with Gasteiger partial charge in [-0.25, -0.2) is 9.78 Å². The highest BCUT2D eigenvalue weighted by atomic mass is 16.7. The summed E-state index contributed by atoms with van der Waals surface area (Å²) in [5.74, 6) is -1.56. The first-order chi connectivity index (χ1) is 23.3. The molecule has 1 unspecified atom stereocenters. The van der Waals surface area contributed by atoms with E-state index >= 15 is 0 Å². The number of esters is 1. The van der Waals surface area contributed by atoms with Crippen molar-refractivity contribution in [1.29, 1.82) is 5.41 Å². The highest BCUT2D eigenvalue weighted by Crippen LogP contribution is 2.35. The van der Waals surface area contributed by atoms with Gasteiger partial charge in [0.2, 0.25) is 6.29 Å². The van der Waals surface area contributed by atoms with Crippen LogP contribution in [0.15, 0.2) is 55.1 Å². The van der Waals surface area contributed by atoms with E-state index in [1.165, 1.54) is 32.2 Å². The van der Waals surface area contributed by atoms with Crippen molar-refractivity contribution in [1.82, 2.24) is 10.3 Å². The number of rotatable bonds is 16. The average Bonchev–Trinajstić information content (AvgIpc) is 3.93. The summed E-state index contributed by atoms with van der Waals surface area (Å²) in [6.07, 6.45) is 3.02. The first kappa shape index (κ1) is 36.4. The van der Waals surface area contributed by atoms with Crippen LogP contribution in [0, 0.1) is 17.2 Å². The molecule has 1 saturated carbocycles. The van der Waals surface area contributed by atoms with Gasteiger partial charge in [-0.15, -0.1) is 0 Å². The molecule has 0 aliphatic heterocycles. The number of methoxy groups -OCH3 is 1. The number of amidine groups is 1. The molecular formula is C36H42N6O7. The van der Waals surface area contributed by atoms with Crippen LogP contribution in [0.25, 0.3) is 17.2 Å². The number of hydrogen-bond acceptors (Lipinski definition) is 10. The average molecular weight is 671 g/mol. The number of ether oxygens (including phenoxy) is 3. The molecule has 1 fully saturated rings. The predicted molar refractivity (Wildman–Crippen MR) is 185 cm³/mol. The number of nitrogens with zero attached hydrogens (tertiary/aromatic N) is 1. The van der Waals surface area contributed by atoms with Crippen LogP contribution in [-0.2, 0) is 14.3 Å². The lowest BCUT2D eigenvalue weighted by atomic mass is 9.90. The second-order valence-corrected chi connectivity index (χ2v) is 12.2. The maximum Gasteiger partial charge on any atom is 0.359 e. The maximum absolute atomic E-state index is 13.8. The lowest BCUT2D eigenvalue weighted by Crippen LogP contribution is -2.51. The molecule has 1 aliphatic rings. The molecule has 49 heavy (non-hydrogen) atoms. The number of hydrogen-bond donors (Lipinski definition) is 5. The van der Waals surface area contributed by atoms with E-state index in [1.54, 1.807) is 50.2 Å². The maximum atomic E-state index is 13.8. The van der Waals surface area contributed by atoms with Crippen molar-refractivity contribution in [2.45, 2.75) is 45.4 Å². The summed E-state index contributed by atoms with van der Waals surface area (Å²) >= 11 is 0. The van der Waals surface area contributed by atoms with Crippen LogP contribution in [-0.4, -0.2) is 67.0 Å². The number of pyridine rings is 1. The lowest BCUT2D eigenvalue weighted by Gasteiger charge is -2.28. The molecule has 2 amide bonds. The number of aldehydes is 1. The summed E-state index contributed by atoms with van der Waals surface area (Å²) < 4.78 is 16.8. The van der Waals surface area contributed by atoms with Gasteiger partial charge in [-0.1, -0.05) is 26.5 Å². The quantitative estimate of drug-likeness (QED) is 0.0483. The Hall–Kier alpha value is -5.40.